The predicted octanol–water partition coefficient (Wildman–Crippen LogP) is 5.90. The number of carbonyl (C=O) groups excluding carboxylic acids is 1. The van der Waals surface area contributed by atoms with Gasteiger partial charge in [-0.25, -0.2) is 4.98 Å². The van der Waals surface area contributed by atoms with Crippen LogP contribution < -0.4 is 5.32 Å². The molecule has 5 rings (SSSR count). The highest BCUT2D eigenvalue weighted by atomic mass is 35.5. The molecule has 0 aliphatic heterocycles. The summed E-state index contributed by atoms with van der Waals surface area (Å²) in [5.74, 6) is -0.187. The van der Waals surface area contributed by atoms with Crippen molar-refractivity contribution in [2.24, 2.45) is 0 Å². The lowest BCUT2D eigenvalue weighted by molar-refractivity contribution is 0.103. The summed E-state index contributed by atoms with van der Waals surface area (Å²) in [4.78, 5) is 22.2. The van der Waals surface area contributed by atoms with Crippen LogP contribution in [0.1, 0.15) is 9.67 Å². The van der Waals surface area contributed by atoms with Crippen LogP contribution in [0.3, 0.4) is 0 Å². The zero-order chi connectivity index (χ0) is 18.4. The number of nitrogens with zero attached hydrogens (tertiary/aromatic N) is 2. The van der Waals surface area contributed by atoms with Gasteiger partial charge in [-0.2, -0.15) is 0 Å². The standard InChI is InChI=1S/C21H12ClN3OS/c22-20-15-10-18(27-19(15)14-6-2-4-8-17(14)25-20)21(26)24-13-9-12-5-1-3-7-16(12)23-11-13/h1-11H,(H,24,26). The maximum absolute atomic E-state index is 12.8. The molecule has 0 aliphatic rings. The molecular formula is C21H12ClN3OS. The molecule has 3 aromatic heterocycles. The quantitative estimate of drug-likeness (QED) is 0.382. The van der Waals surface area contributed by atoms with Crippen LogP contribution in [0.25, 0.3) is 31.9 Å². The minimum absolute atomic E-state index is 0.187. The van der Waals surface area contributed by atoms with Crippen molar-refractivity contribution in [3.63, 3.8) is 0 Å². The van der Waals surface area contributed by atoms with E-state index < -0.39 is 0 Å². The highest BCUT2D eigenvalue weighted by molar-refractivity contribution is 7.22. The fourth-order valence-electron chi connectivity index (χ4n) is 3.12. The van der Waals surface area contributed by atoms with E-state index in [0.29, 0.717) is 15.7 Å². The maximum Gasteiger partial charge on any atom is 0.265 e. The molecule has 6 heteroatoms. The maximum atomic E-state index is 12.8. The summed E-state index contributed by atoms with van der Waals surface area (Å²) < 4.78 is 0.965. The van der Waals surface area contributed by atoms with Gasteiger partial charge in [-0.15, -0.1) is 11.3 Å². The van der Waals surface area contributed by atoms with Crippen molar-refractivity contribution < 1.29 is 4.79 Å². The van der Waals surface area contributed by atoms with Gasteiger partial charge in [-0.1, -0.05) is 48.0 Å². The summed E-state index contributed by atoms with van der Waals surface area (Å²) in [6.07, 6.45) is 1.66. The summed E-state index contributed by atoms with van der Waals surface area (Å²) in [5.41, 5.74) is 2.37. The highest BCUT2D eigenvalue weighted by Gasteiger charge is 2.15. The number of hydrogen-bond acceptors (Lipinski definition) is 4. The number of nitrogens with one attached hydrogen (secondary N) is 1. The van der Waals surface area contributed by atoms with Gasteiger partial charge in [0.15, 0.2) is 0 Å². The van der Waals surface area contributed by atoms with E-state index in [2.05, 4.69) is 15.3 Å². The minimum atomic E-state index is -0.187. The third-order valence-electron chi connectivity index (χ3n) is 4.39. The smallest absolute Gasteiger partial charge is 0.265 e. The van der Waals surface area contributed by atoms with Crippen molar-refractivity contribution in [1.29, 1.82) is 0 Å². The third kappa shape index (κ3) is 2.81. The number of thiophene rings is 1. The van der Waals surface area contributed by atoms with E-state index in [-0.39, 0.29) is 5.91 Å². The Bertz CT molecular complexity index is 1350. The molecule has 0 fully saturated rings. The number of rotatable bonds is 2. The van der Waals surface area contributed by atoms with Crippen LogP contribution in [0.4, 0.5) is 5.69 Å². The second-order valence-corrected chi connectivity index (χ2v) is 7.55. The number of pyridine rings is 2. The Hall–Kier alpha value is -3.02. The number of halogens is 1. The Kier molecular flexibility index (Phi) is 3.77. The lowest BCUT2D eigenvalue weighted by Crippen LogP contribution is -2.10. The molecule has 0 saturated carbocycles. The van der Waals surface area contributed by atoms with Crippen LogP contribution in [0.5, 0.6) is 0 Å². The van der Waals surface area contributed by atoms with Gasteiger partial charge in [0.2, 0.25) is 0 Å². The fourth-order valence-corrected chi connectivity index (χ4v) is 4.50. The lowest BCUT2D eigenvalue weighted by atomic mass is 10.2. The van der Waals surface area contributed by atoms with Gasteiger partial charge in [-0.3, -0.25) is 9.78 Å². The van der Waals surface area contributed by atoms with Crippen LogP contribution in [-0.2, 0) is 0 Å². The lowest BCUT2D eigenvalue weighted by Gasteiger charge is -2.04. The highest BCUT2D eigenvalue weighted by Crippen LogP contribution is 2.36. The Labute approximate surface area is 163 Å². The Morgan fingerprint density at radius 1 is 0.963 bits per heavy atom. The zero-order valence-electron chi connectivity index (χ0n) is 13.9. The van der Waals surface area contributed by atoms with Crippen molar-refractivity contribution >= 4 is 66.4 Å². The molecule has 27 heavy (non-hydrogen) atoms. The molecule has 1 amide bonds. The first kappa shape index (κ1) is 16.2. The number of fused-ring (bicyclic) bond motifs is 4. The number of hydrogen-bond donors (Lipinski definition) is 1. The molecular weight excluding hydrogens is 378 g/mol. The van der Waals surface area contributed by atoms with Gasteiger partial charge in [0.1, 0.15) is 5.15 Å². The van der Waals surface area contributed by atoms with Crippen LogP contribution in [0.15, 0.2) is 66.9 Å². The van der Waals surface area contributed by atoms with E-state index in [1.165, 1.54) is 11.3 Å². The molecule has 0 bridgehead atoms. The number of benzene rings is 2. The molecule has 0 unspecified atom stereocenters. The summed E-state index contributed by atoms with van der Waals surface area (Å²) in [6, 6.07) is 19.3. The molecule has 0 atom stereocenters. The van der Waals surface area contributed by atoms with E-state index in [4.69, 9.17) is 11.6 Å². The first-order chi connectivity index (χ1) is 13.2. The van der Waals surface area contributed by atoms with Gasteiger partial charge < -0.3 is 5.32 Å². The van der Waals surface area contributed by atoms with Crippen LogP contribution in [-0.4, -0.2) is 15.9 Å². The van der Waals surface area contributed by atoms with Gasteiger partial charge in [0, 0.05) is 20.9 Å². The van der Waals surface area contributed by atoms with Crippen molar-refractivity contribution in [3.8, 4) is 0 Å². The summed E-state index contributed by atoms with van der Waals surface area (Å²) in [6.45, 7) is 0. The van der Waals surface area contributed by atoms with Gasteiger partial charge in [0.25, 0.3) is 5.91 Å². The average Bonchev–Trinajstić information content (AvgIpc) is 3.15. The zero-order valence-corrected chi connectivity index (χ0v) is 15.5. The predicted molar refractivity (Wildman–Crippen MR) is 112 cm³/mol. The average molecular weight is 390 g/mol. The van der Waals surface area contributed by atoms with Gasteiger partial charge >= 0.3 is 0 Å². The fraction of sp³-hybridized carbons (Fsp3) is 0. The van der Waals surface area contributed by atoms with Crippen molar-refractivity contribution in [3.05, 3.63) is 76.9 Å². The van der Waals surface area contributed by atoms with E-state index in [1.807, 2.05) is 54.6 Å². The van der Waals surface area contributed by atoms with Crippen LogP contribution in [0.2, 0.25) is 5.15 Å². The second kappa shape index (κ2) is 6.30. The molecule has 0 aliphatic carbocycles. The molecule has 0 radical (unpaired) electrons. The van der Waals surface area contributed by atoms with Gasteiger partial charge in [0.05, 0.1) is 27.8 Å². The molecule has 2 aromatic carbocycles. The van der Waals surface area contributed by atoms with E-state index in [1.54, 1.807) is 12.3 Å². The van der Waals surface area contributed by atoms with Crippen molar-refractivity contribution in [2.75, 3.05) is 5.32 Å². The van der Waals surface area contributed by atoms with Crippen molar-refractivity contribution in [1.82, 2.24) is 9.97 Å². The largest absolute Gasteiger partial charge is 0.320 e. The number of aromatic nitrogens is 2. The van der Waals surface area contributed by atoms with Crippen LogP contribution >= 0.6 is 22.9 Å². The second-order valence-electron chi connectivity index (χ2n) is 6.14. The molecule has 0 spiro atoms. The number of anilines is 1. The Balaban J connectivity index is 1.55. The molecule has 4 nitrogen and oxygen atoms in total. The van der Waals surface area contributed by atoms with E-state index in [9.17, 15) is 4.79 Å². The molecule has 0 saturated heterocycles. The molecule has 3 heterocycles. The molecule has 1 N–H and O–H groups in total. The van der Waals surface area contributed by atoms with Gasteiger partial charge in [-0.05, 0) is 24.3 Å². The molecule has 130 valence electrons. The van der Waals surface area contributed by atoms with E-state index in [0.717, 1.165) is 31.9 Å². The number of para-hydroxylation sites is 2. The summed E-state index contributed by atoms with van der Waals surface area (Å²) in [7, 11) is 0. The summed E-state index contributed by atoms with van der Waals surface area (Å²) >= 11 is 7.75. The SMILES string of the molecule is O=C(Nc1cnc2ccccc2c1)c1cc2c(Cl)nc3ccccc3c2s1. The minimum Gasteiger partial charge on any atom is -0.320 e. The van der Waals surface area contributed by atoms with Crippen molar-refractivity contribution in [2.45, 2.75) is 0 Å². The summed E-state index contributed by atoms with van der Waals surface area (Å²) in [5, 5.41) is 6.10. The number of amides is 1. The van der Waals surface area contributed by atoms with E-state index >= 15 is 0 Å². The van der Waals surface area contributed by atoms with Crippen LogP contribution in [0, 0.1) is 0 Å². The normalized spacial score (nSPS) is 11.3. The Morgan fingerprint density at radius 2 is 1.74 bits per heavy atom. The Morgan fingerprint density at radius 3 is 2.63 bits per heavy atom. The first-order valence-corrected chi connectivity index (χ1v) is 9.52. The first-order valence-electron chi connectivity index (χ1n) is 8.33. The third-order valence-corrected chi connectivity index (χ3v) is 5.85. The monoisotopic (exact) mass is 389 g/mol. The topological polar surface area (TPSA) is 54.9 Å². The molecule has 5 aromatic rings. The number of carbonyl (C=O) groups is 1.